The molecule has 0 spiro atoms. The number of ether oxygens (including phenoxy) is 1. The van der Waals surface area contributed by atoms with Gasteiger partial charge >= 0.3 is 5.97 Å². The second kappa shape index (κ2) is 7.68. The molecule has 0 bridgehead atoms. The van der Waals surface area contributed by atoms with E-state index >= 15 is 0 Å². The first-order valence-corrected chi connectivity index (χ1v) is 6.96. The van der Waals surface area contributed by atoms with Crippen LogP contribution in [-0.4, -0.2) is 16.8 Å². The molecule has 2 aromatic carbocycles. The Hall–Kier alpha value is -3.48. The van der Waals surface area contributed by atoms with Gasteiger partial charge in [-0.2, -0.15) is 0 Å². The van der Waals surface area contributed by atoms with Gasteiger partial charge in [-0.3, -0.25) is 14.9 Å². The van der Waals surface area contributed by atoms with E-state index in [1.807, 2.05) is 0 Å². The van der Waals surface area contributed by atoms with Crippen molar-refractivity contribution in [2.45, 2.75) is 6.92 Å². The highest BCUT2D eigenvalue weighted by molar-refractivity contribution is 5.90. The number of carbonyl (C=O) groups excluding carboxylic acids is 2. The summed E-state index contributed by atoms with van der Waals surface area (Å²) >= 11 is 0. The zero-order valence-corrected chi connectivity index (χ0v) is 12.8. The smallest absolute Gasteiger partial charge is 0.336 e. The Kier molecular flexibility index (Phi) is 5.40. The number of nitrogens with zero attached hydrogens (tertiary/aromatic N) is 1. The topological polar surface area (TPSA) is 98.5 Å². The van der Waals surface area contributed by atoms with Crippen molar-refractivity contribution < 1.29 is 19.2 Å². The molecule has 2 aromatic rings. The Morgan fingerprint density at radius 1 is 1.17 bits per heavy atom. The first kappa shape index (κ1) is 16.9. The van der Waals surface area contributed by atoms with Crippen LogP contribution in [0, 0.1) is 10.1 Å². The largest absolute Gasteiger partial charge is 0.423 e. The van der Waals surface area contributed by atoms with Crippen LogP contribution in [0.5, 0.6) is 5.75 Å². The normalized spacial score (nSPS) is 10.4. The molecule has 0 aliphatic carbocycles. The summed E-state index contributed by atoms with van der Waals surface area (Å²) < 4.78 is 5.13. The summed E-state index contributed by atoms with van der Waals surface area (Å²) in [5.74, 6) is -0.597. The van der Waals surface area contributed by atoms with E-state index in [0.717, 1.165) is 0 Å². The summed E-state index contributed by atoms with van der Waals surface area (Å²) in [6.07, 6.45) is 2.59. The number of amides is 1. The number of nitro groups is 1. The van der Waals surface area contributed by atoms with Crippen molar-refractivity contribution in [3.8, 4) is 5.75 Å². The van der Waals surface area contributed by atoms with E-state index < -0.39 is 10.9 Å². The van der Waals surface area contributed by atoms with Crippen LogP contribution in [0.1, 0.15) is 12.5 Å². The first-order valence-electron chi connectivity index (χ1n) is 6.96. The van der Waals surface area contributed by atoms with Gasteiger partial charge in [0.25, 0.3) is 5.69 Å². The van der Waals surface area contributed by atoms with Gasteiger partial charge in [0.05, 0.1) is 4.92 Å². The Morgan fingerprint density at radius 2 is 1.92 bits per heavy atom. The Bertz CT molecular complexity index is 814. The van der Waals surface area contributed by atoms with E-state index in [1.165, 1.54) is 43.3 Å². The third-order valence-corrected chi connectivity index (χ3v) is 2.87. The minimum absolute atomic E-state index is 0.0616. The van der Waals surface area contributed by atoms with Gasteiger partial charge in [-0.1, -0.05) is 18.2 Å². The summed E-state index contributed by atoms with van der Waals surface area (Å²) in [6.45, 7) is 1.38. The fourth-order valence-corrected chi connectivity index (χ4v) is 1.90. The summed E-state index contributed by atoms with van der Waals surface area (Å²) in [7, 11) is 0. The van der Waals surface area contributed by atoms with Crippen LogP contribution >= 0.6 is 0 Å². The van der Waals surface area contributed by atoms with Crippen LogP contribution in [0.4, 0.5) is 11.4 Å². The maximum absolute atomic E-state index is 11.8. The van der Waals surface area contributed by atoms with Crippen LogP contribution < -0.4 is 10.1 Å². The van der Waals surface area contributed by atoms with Crippen LogP contribution in [0.25, 0.3) is 6.08 Å². The number of rotatable bonds is 5. The number of esters is 1. The average molecular weight is 326 g/mol. The van der Waals surface area contributed by atoms with E-state index in [4.69, 9.17) is 4.74 Å². The third-order valence-electron chi connectivity index (χ3n) is 2.87. The summed E-state index contributed by atoms with van der Waals surface area (Å²) in [6, 6.07) is 12.3. The van der Waals surface area contributed by atoms with Crippen molar-refractivity contribution in [3.63, 3.8) is 0 Å². The molecule has 0 fully saturated rings. The van der Waals surface area contributed by atoms with Crippen LogP contribution in [0.2, 0.25) is 0 Å². The van der Waals surface area contributed by atoms with Gasteiger partial charge < -0.3 is 10.1 Å². The fraction of sp³-hybridized carbons (Fsp3) is 0.0588. The monoisotopic (exact) mass is 326 g/mol. The highest BCUT2D eigenvalue weighted by Gasteiger charge is 2.05. The number of benzene rings is 2. The second-order valence-corrected chi connectivity index (χ2v) is 4.82. The number of carbonyl (C=O) groups is 2. The van der Waals surface area contributed by atoms with Crippen LogP contribution in [0.3, 0.4) is 0 Å². The highest BCUT2D eigenvalue weighted by atomic mass is 16.6. The third kappa shape index (κ3) is 5.06. The molecule has 0 unspecified atom stereocenters. The molecule has 0 radical (unpaired) electrons. The maximum atomic E-state index is 11.8. The predicted octanol–water partition coefficient (Wildman–Crippen LogP) is 3.17. The molecular formula is C17H14N2O5. The van der Waals surface area contributed by atoms with Gasteiger partial charge in [-0.25, -0.2) is 4.79 Å². The van der Waals surface area contributed by atoms with E-state index in [9.17, 15) is 19.7 Å². The Balaban J connectivity index is 2.04. The maximum Gasteiger partial charge on any atom is 0.336 e. The number of hydrogen-bond acceptors (Lipinski definition) is 5. The molecule has 1 N–H and O–H groups in total. The molecule has 0 saturated heterocycles. The molecule has 1 amide bonds. The number of nitrogens with one attached hydrogen (secondary N) is 1. The zero-order valence-electron chi connectivity index (χ0n) is 12.8. The average Bonchev–Trinajstić information content (AvgIpc) is 2.53. The predicted molar refractivity (Wildman–Crippen MR) is 88.5 cm³/mol. The number of non-ortho nitro benzene ring substituents is 1. The van der Waals surface area contributed by atoms with Crippen molar-refractivity contribution >= 4 is 29.3 Å². The lowest BCUT2D eigenvalue weighted by atomic mass is 10.2. The Labute approximate surface area is 137 Å². The minimum Gasteiger partial charge on any atom is -0.423 e. The van der Waals surface area contributed by atoms with Gasteiger partial charge in [0, 0.05) is 36.9 Å². The van der Waals surface area contributed by atoms with Gasteiger partial charge in [0.1, 0.15) is 5.75 Å². The molecule has 0 atom stereocenters. The van der Waals surface area contributed by atoms with E-state index in [1.54, 1.807) is 24.3 Å². The van der Waals surface area contributed by atoms with Crippen molar-refractivity contribution in [2.24, 2.45) is 0 Å². The summed E-state index contributed by atoms with van der Waals surface area (Å²) in [4.78, 5) is 33.0. The lowest BCUT2D eigenvalue weighted by Gasteiger charge is -2.05. The van der Waals surface area contributed by atoms with Gasteiger partial charge in [-0.15, -0.1) is 0 Å². The molecule has 0 aliphatic rings. The van der Waals surface area contributed by atoms with Crippen molar-refractivity contribution in [1.29, 1.82) is 0 Å². The molecule has 0 aromatic heterocycles. The number of hydrogen-bond donors (Lipinski definition) is 1. The quantitative estimate of drug-likeness (QED) is 0.299. The van der Waals surface area contributed by atoms with Crippen LogP contribution in [-0.2, 0) is 9.59 Å². The molecule has 0 aliphatic heterocycles. The molecule has 122 valence electrons. The van der Waals surface area contributed by atoms with Crippen molar-refractivity contribution in [3.05, 3.63) is 70.3 Å². The molecule has 0 saturated carbocycles. The molecule has 7 nitrogen and oxygen atoms in total. The van der Waals surface area contributed by atoms with Gasteiger partial charge in [0.2, 0.25) is 5.91 Å². The van der Waals surface area contributed by atoms with Crippen molar-refractivity contribution in [2.75, 3.05) is 5.32 Å². The molecular weight excluding hydrogens is 312 g/mol. The van der Waals surface area contributed by atoms with E-state index in [0.29, 0.717) is 11.3 Å². The minimum atomic E-state index is -0.638. The zero-order chi connectivity index (χ0) is 17.5. The first-order chi connectivity index (χ1) is 11.4. The van der Waals surface area contributed by atoms with Gasteiger partial charge in [0.15, 0.2) is 0 Å². The molecule has 7 heteroatoms. The molecule has 2 rings (SSSR count). The number of anilines is 1. The lowest BCUT2D eigenvalue weighted by Crippen LogP contribution is -2.07. The van der Waals surface area contributed by atoms with Gasteiger partial charge in [-0.05, 0) is 23.8 Å². The van der Waals surface area contributed by atoms with E-state index in [2.05, 4.69) is 5.32 Å². The second-order valence-electron chi connectivity index (χ2n) is 4.82. The fourth-order valence-electron chi connectivity index (χ4n) is 1.90. The van der Waals surface area contributed by atoms with E-state index in [-0.39, 0.29) is 17.3 Å². The summed E-state index contributed by atoms with van der Waals surface area (Å²) in [5.41, 5.74) is 0.956. The van der Waals surface area contributed by atoms with Crippen molar-refractivity contribution in [1.82, 2.24) is 0 Å². The Morgan fingerprint density at radius 3 is 2.62 bits per heavy atom. The SMILES string of the molecule is CC(=O)Nc1cccc(OC(=O)/C=C/c2cccc([N+](=O)[O-])c2)c1. The van der Waals surface area contributed by atoms with Crippen LogP contribution in [0.15, 0.2) is 54.6 Å². The lowest BCUT2D eigenvalue weighted by molar-refractivity contribution is -0.384. The number of nitro benzene ring substituents is 1. The molecule has 0 heterocycles. The standard InChI is InChI=1S/C17H14N2O5/c1-12(20)18-14-5-3-7-16(11-14)24-17(21)9-8-13-4-2-6-15(10-13)19(22)23/h2-11H,1H3,(H,18,20)/b9-8+. The molecule has 24 heavy (non-hydrogen) atoms. The summed E-state index contributed by atoms with van der Waals surface area (Å²) in [5, 5.41) is 13.3. The highest BCUT2D eigenvalue weighted by Crippen LogP contribution is 2.18.